The Morgan fingerprint density at radius 3 is 2.91 bits per heavy atom. The molecule has 1 saturated heterocycles. The molecule has 1 aliphatic heterocycles. The van der Waals surface area contributed by atoms with E-state index >= 15 is 0 Å². The highest BCUT2D eigenvalue weighted by Gasteiger charge is 2.37. The Morgan fingerprint density at radius 2 is 2.22 bits per heavy atom. The van der Waals surface area contributed by atoms with E-state index in [1.807, 2.05) is 6.92 Å². The number of carbonyl (C=O) groups is 1. The minimum absolute atomic E-state index is 0.00678. The standard InChI is InChI=1S/C17H18Cl2N2OS/c1-11(17(22)20-14-7-6-12(18)10-13(14)19)21-8-2-4-15(21)16-5-3-9-23-16/h3,5-7,9-11,15H,2,4,8H2,1H3,(H,20,22)/p+1/t11-,15-/m1/s1. The van der Waals surface area contributed by atoms with Gasteiger partial charge in [-0.1, -0.05) is 29.3 Å². The minimum atomic E-state index is -0.128. The van der Waals surface area contributed by atoms with Crippen LogP contribution in [0.25, 0.3) is 0 Å². The summed E-state index contributed by atoms with van der Waals surface area (Å²) in [5.41, 5.74) is 0.610. The van der Waals surface area contributed by atoms with Crippen molar-refractivity contribution in [3.05, 3.63) is 50.6 Å². The lowest BCUT2D eigenvalue weighted by molar-refractivity contribution is -0.931. The SMILES string of the molecule is C[C@H](C(=O)Nc1ccc(Cl)cc1Cl)[NH+]1CCC[C@@H]1c1cccs1. The van der Waals surface area contributed by atoms with Crippen molar-refractivity contribution < 1.29 is 9.69 Å². The average molecular weight is 370 g/mol. The van der Waals surface area contributed by atoms with Crippen molar-refractivity contribution in [1.82, 2.24) is 0 Å². The molecule has 0 aliphatic carbocycles. The van der Waals surface area contributed by atoms with Crippen molar-refractivity contribution in [2.24, 2.45) is 0 Å². The molecule has 1 aromatic carbocycles. The molecule has 6 heteroatoms. The maximum atomic E-state index is 12.6. The lowest BCUT2D eigenvalue weighted by atomic mass is 10.1. The molecule has 1 aromatic heterocycles. The predicted octanol–water partition coefficient (Wildman–Crippen LogP) is 3.80. The maximum Gasteiger partial charge on any atom is 0.282 e. The molecular weight excluding hydrogens is 351 g/mol. The molecule has 1 aliphatic rings. The second-order valence-corrected chi connectivity index (χ2v) is 7.69. The number of rotatable bonds is 4. The highest BCUT2D eigenvalue weighted by molar-refractivity contribution is 7.10. The van der Waals surface area contributed by atoms with Crippen LogP contribution in [0.5, 0.6) is 0 Å². The Balaban J connectivity index is 1.71. The number of amides is 1. The highest BCUT2D eigenvalue weighted by Crippen LogP contribution is 2.26. The summed E-state index contributed by atoms with van der Waals surface area (Å²) in [6.45, 7) is 3.01. The van der Waals surface area contributed by atoms with E-state index in [0.29, 0.717) is 21.8 Å². The largest absolute Gasteiger partial charge is 0.320 e. The first-order chi connectivity index (χ1) is 11.1. The fraction of sp³-hybridized carbons (Fsp3) is 0.353. The molecule has 1 fully saturated rings. The van der Waals surface area contributed by atoms with Crippen LogP contribution in [0.15, 0.2) is 35.7 Å². The lowest BCUT2D eigenvalue weighted by Crippen LogP contribution is -3.15. The van der Waals surface area contributed by atoms with E-state index in [-0.39, 0.29) is 11.9 Å². The number of thiophene rings is 1. The third kappa shape index (κ3) is 3.72. The van der Waals surface area contributed by atoms with Crippen LogP contribution >= 0.6 is 34.5 Å². The number of benzene rings is 1. The molecule has 3 atom stereocenters. The van der Waals surface area contributed by atoms with E-state index in [4.69, 9.17) is 23.2 Å². The van der Waals surface area contributed by atoms with Crippen LogP contribution in [0, 0.1) is 0 Å². The topological polar surface area (TPSA) is 33.5 Å². The van der Waals surface area contributed by atoms with Crippen molar-refractivity contribution in [3.8, 4) is 0 Å². The van der Waals surface area contributed by atoms with Gasteiger partial charge in [-0.2, -0.15) is 0 Å². The van der Waals surface area contributed by atoms with Crippen molar-refractivity contribution in [2.75, 3.05) is 11.9 Å². The Hall–Kier alpha value is -1.07. The Labute approximate surface area is 150 Å². The molecule has 0 spiro atoms. The molecule has 0 radical (unpaired) electrons. The van der Waals surface area contributed by atoms with Crippen LogP contribution in [0.4, 0.5) is 5.69 Å². The van der Waals surface area contributed by atoms with Crippen LogP contribution in [0.3, 0.4) is 0 Å². The van der Waals surface area contributed by atoms with E-state index in [9.17, 15) is 4.79 Å². The Kier molecular flexibility index (Phi) is 5.27. The monoisotopic (exact) mass is 369 g/mol. The minimum Gasteiger partial charge on any atom is -0.320 e. The zero-order valence-electron chi connectivity index (χ0n) is 12.8. The maximum absolute atomic E-state index is 12.6. The molecule has 122 valence electrons. The van der Waals surface area contributed by atoms with Gasteiger partial charge in [0.05, 0.1) is 22.1 Å². The molecule has 2 N–H and O–H groups in total. The normalized spacial score (nSPS) is 22.0. The van der Waals surface area contributed by atoms with Gasteiger partial charge in [-0.15, -0.1) is 11.3 Å². The quantitative estimate of drug-likeness (QED) is 0.843. The van der Waals surface area contributed by atoms with Gasteiger partial charge in [0.1, 0.15) is 6.04 Å². The van der Waals surface area contributed by atoms with Crippen molar-refractivity contribution >= 4 is 46.1 Å². The summed E-state index contributed by atoms with van der Waals surface area (Å²) in [6.07, 6.45) is 2.28. The molecule has 1 amide bonds. The van der Waals surface area contributed by atoms with E-state index in [1.54, 1.807) is 29.5 Å². The van der Waals surface area contributed by atoms with Crippen LogP contribution in [0.2, 0.25) is 10.0 Å². The van der Waals surface area contributed by atoms with Gasteiger partial charge in [0.15, 0.2) is 6.04 Å². The molecule has 3 nitrogen and oxygen atoms in total. The number of anilines is 1. The highest BCUT2D eigenvalue weighted by atomic mass is 35.5. The smallest absolute Gasteiger partial charge is 0.282 e. The second kappa shape index (κ2) is 7.22. The number of halogens is 2. The zero-order chi connectivity index (χ0) is 16.4. The van der Waals surface area contributed by atoms with Gasteiger partial charge in [0.2, 0.25) is 0 Å². The Bertz CT molecular complexity index is 690. The van der Waals surface area contributed by atoms with Gasteiger partial charge in [0, 0.05) is 17.9 Å². The number of likely N-dealkylation sites (tertiary alicyclic amines) is 1. The first kappa shape index (κ1) is 16.8. The first-order valence-corrected chi connectivity index (χ1v) is 9.34. The second-order valence-electron chi connectivity index (χ2n) is 5.87. The molecule has 2 aromatic rings. The third-order valence-electron chi connectivity index (χ3n) is 4.43. The summed E-state index contributed by atoms with van der Waals surface area (Å²) in [7, 11) is 0. The lowest BCUT2D eigenvalue weighted by Gasteiger charge is -2.26. The molecule has 23 heavy (non-hydrogen) atoms. The molecule has 0 saturated carbocycles. The van der Waals surface area contributed by atoms with Crippen molar-refractivity contribution in [1.29, 1.82) is 0 Å². The molecular formula is C17H19Cl2N2OS+. The molecule has 3 rings (SSSR count). The van der Waals surface area contributed by atoms with Crippen LogP contribution in [-0.2, 0) is 4.79 Å². The molecule has 0 bridgehead atoms. The zero-order valence-corrected chi connectivity index (χ0v) is 15.1. The predicted molar refractivity (Wildman–Crippen MR) is 96.7 cm³/mol. The number of nitrogens with one attached hydrogen (secondary N) is 2. The molecule has 2 heterocycles. The summed E-state index contributed by atoms with van der Waals surface area (Å²) in [5, 5.41) is 6.06. The molecule has 1 unspecified atom stereocenters. The first-order valence-electron chi connectivity index (χ1n) is 7.71. The van der Waals surface area contributed by atoms with Crippen LogP contribution in [0.1, 0.15) is 30.7 Å². The van der Waals surface area contributed by atoms with E-state index in [2.05, 4.69) is 22.8 Å². The summed E-state index contributed by atoms with van der Waals surface area (Å²) >= 11 is 13.8. The number of carbonyl (C=O) groups excluding carboxylic acids is 1. The number of quaternary nitrogens is 1. The summed E-state index contributed by atoms with van der Waals surface area (Å²) in [5.74, 6) is -0.00678. The van der Waals surface area contributed by atoms with E-state index in [0.717, 1.165) is 19.4 Å². The number of hydrogen-bond donors (Lipinski definition) is 2. The van der Waals surface area contributed by atoms with Crippen molar-refractivity contribution in [2.45, 2.75) is 31.8 Å². The van der Waals surface area contributed by atoms with Crippen molar-refractivity contribution in [3.63, 3.8) is 0 Å². The Morgan fingerprint density at radius 1 is 1.39 bits per heavy atom. The van der Waals surface area contributed by atoms with Crippen LogP contribution in [-0.4, -0.2) is 18.5 Å². The van der Waals surface area contributed by atoms with Gasteiger partial charge in [-0.25, -0.2) is 0 Å². The van der Waals surface area contributed by atoms with E-state index in [1.165, 1.54) is 9.78 Å². The van der Waals surface area contributed by atoms with Gasteiger partial charge >= 0.3 is 0 Å². The fourth-order valence-corrected chi connectivity index (χ4v) is 4.56. The number of hydrogen-bond acceptors (Lipinski definition) is 2. The van der Waals surface area contributed by atoms with Gasteiger partial charge in [-0.05, 0) is 36.6 Å². The van der Waals surface area contributed by atoms with Crippen LogP contribution < -0.4 is 10.2 Å². The summed E-state index contributed by atoms with van der Waals surface area (Å²) in [4.78, 5) is 15.3. The third-order valence-corrected chi connectivity index (χ3v) is 5.96. The summed E-state index contributed by atoms with van der Waals surface area (Å²) < 4.78 is 0. The van der Waals surface area contributed by atoms with E-state index < -0.39 is 0 Å². The van der Waals surface area contributed by atoms with Gasteiger partial charge in [0.25, 0.3) is 5.91 Å². The average Bonchev–Trinajstić information content (AvgIpc) is 3.19. The summed E-state index contributed by atoms with van der Waals surface area (Å²) in [6, 6.07) is 9.64. The van der Waals surface area contributed by atoms with Gasteiger partial charge in [-0.3, -0.25) is 4.79 Å². The fourth-order valence-electron chi connectivity index (χ4n) is 3.20. The van der Waals surface area contributed by atoms with Gasteiger partial charge < -0.3 is 10.2 Å².